The summed E-state index contributed by atoms with van der Waals surface area (Å²) in [5.41, 5.74) is 0. The van der Waals surface area contributed by atoms with Crippen molar-refractivity contribution in [3.8, 4) is 0 Å². The molecule has 1 atom stereocenters. The third-order valence-corrected chi connectivity index (χ3v) is 1.74. The number of aliphatic hydroxyl groups excluding tert-OH is 1. The number of hydrogen-bond donors (Lipinski definition) is 1. The van der Waals surface area contributed by atoms with Crippen LogP contribution in [0.25, 0.3) is 0 Å². The average molecular weight is 196 g/mol. The average Bonchev–Trinajstić information content (AvgIpc) is 2.00. The normalized spacial score (nSPS) is 15.2. The van der Waals surface area contributed by atoms with E-state index in [2.05, 4.69) is 0 Å². The van der Waals surface area contributed by atoms with Crippen molar-refractivity contribution < 1.29 is 14.8 Å². The van der Waals surface area contributed by atoms with Crippen molar-refractivity contribution in [2.24, 2.45) is 0 Å². The second-order valence-electron chi connectivity index (χ2n) is 2.60. The molecule has 1 N–H and O–H groups in total. The van der Waals surface area contributed by atoms with Crippen molar-refractivity contribution >= 4 is 17.4 Å². The highest BCUT2D eigenvalue weighted by atomic mass is 35.5. The van der Waals surface area contributed by atoms with Gasteiger partial charge in [-0.1, -0.05) is 0 Å². The quantitative estimate of drug-likeness (QED) is 0.301. The summed E-state index contributed by atoms with van der Waals surface area (Å²) in [7, 11) is 0. The lowest BCUT2D eigenvalue weighted by Gasteiger charge is -2.11. The number of aliphatic hydroxyl groups is 1. The van der Waals surface area contributed by atoms with Gasteiger partial charge in [-0.15, -0.1) is 0 Å². The topological polar surface area (TPSA) is 80.4 Å². The fourth-order valence-corrected chi connectivity index (χ4v) is 0.632. The number of rotatable bonds is 5. The Hall–Kier alpha value is -0.680. The largest absolute Gasteiger partial charge is 0.389 e. The van der Waals surface area contributed by atoms with Crippen LogP contribution in [0.15, 0.2) is 0 Å². The van der Waals surface area contributed by atoms with Gasteiger partial charge in [0.25, 0.3) is 5.00 Å². The highest BCUT2D eigenvalue weighted by molar-refractivity contribution is 6.22. The van der Waals surface area contributed by atoms with Crippen molar-refractivity contribution in [1.82, 2.24) is 0 Å². The minimum Gasteiger partial charge on any atom is -0.389 e. The number of ketones is 1. The number of Topliss-reactive ketones (excluding diaryl/α,β-unsaturated/α-hetero) is 1. The van der Waals surface area contributed by atoms with E-state index in [0.717, 1.165) is 0 Å². The van der Waals surface area contributed by atoms with E-state index in [-0.39, 0.29) is 12.8 Å². The lowest BCUT2D eigenvalue weighted by molar-refractivity contribution is -0.538. The van der Waals surface area contributed by atoms with Gasteiger partial charge in [0.15, 0.2) is 5.78 Å². The summed E-state index contributed by atoms with van der Waals surface area (Å²) in [6.07, 6.45) is -0.140. The van der Waals surface area contributed by atoms with Gasteiger partial charge in [-0.05, 0) is 11.6 Å². The van der Waals surface area contributed by atoms with Crippen LogP contribution in [0.5, 0.6) is 0 Å². The smallest absolute Gasteiger partial charge is 0.292 e. The van der Waals surface area contributed by atoms with Crippen molar-refractivity contribution in [2.75, 3.05) is 6.61 Å². The molecule has 0 aromatic rings. The van der Waals surface area contributed by atoms with E-state index in [4.69, 9.17) is 16.7 Å². The molecular weight excluding hydrogens is 186 g/mol. The Balaban J connectivity index is 3.92. The Morgan fingerprint density at radius 3 is 2.58 bits per heavy atom. The van der Waals surface area contributed by atoms with Crippen molar-refractivity contribution in [2.45, 2.75) is 24.8 Å². The maximum Gasteiger partial charge on any atom is 0.292 e. The number of nitro groups is 1. The Morgan fingerprint density at radius 1 is 1.75 bits per heavy atom. The number of nitrogens with zero attached hydrogens (tertiary/aromatic N) is 1. The minimum atomic E-state index is -1.61. The van der Waals surface area contributed by atoms with Gasteiger partial charge in [0.05, 0.1) is 0 Å². The van der Waals surface area contributed by atoms with E-state index < -0.39 is 22.3 Å². The predicted octanol–water partition coefficient (Wildman–Crippen LogP) is 0.560. The molecule has 70 valence electrons. The number of alkyl halides is 1. The van der Waals surface area contributed by atoms with Gasteiger partial charge in [-0.3, -0.25) is 14.9 Å². The first kappa shape index (κ1) is 11.3. The van der Waals surface area contributed by atoms with Crippen LogP contribution in [-0.4, -0.2) is 27.4 Å². The second-order valence-corrected chi connectivity index (χ2v) is 3.41. The number of halogens is 1. The van der Waals surface area contributed by atoms with Crippen LogP contribution < -0.4 is 0 Å². The van der Waals surface area contributed by atoms with Gasteiger partial charge < -0.3 is 5.11 Å². The molecule has 0 aliphatic carbocycles. The molecule has 0 saturated carbocycles. The maximum absolute atomic E-state index is 10.5. The first-order valence-electron chi connectivity index (χ1n) is 3.36. The zero-order valence-corrected chi connectivity index (χ0v) is 7.37. The molecule has 5 nitrogen and oxygen atoms in total. The van der Waals surface area contributed by atoms with E-state index >= 15 is 0 Å². The fraction of sp³-hybridized carbons (Fsp3) is 0.833. The Kier molecular flexibility index (Phi) is 4.12. The van der Waals surface area contributed by atoms with Crippen LogP contribution in [0, 0.1) is 10.1 Å². The summed E-state index contributed by atoms with van der Waals surface area (Å²) in [6, 6.07) is 0. The van der Waals surface area contributed by atoms with E-state index in [1.54, 1.807) is 0 Å². The Labute approximate surface area is 74.5 Å². The second kappa shape index (κ2) is 4.37. The van der Waals surface area contributed by atoms with Gasteiger partial charge in [0.2, 0.25) is 0 Å². The lowest BCUT2D eigenvalue weighted by Crippen LogP contribution is -2.28. The summed E-state index contributed by atoms with van der Waals surface area (Å²) in [6.45, 7) is 0.629. The highest BCUT2D eigenvalue weighted by Crippen LogP contribution is 2.21. The van der Waals surface area contributed by atoms with Gasteiger partial charge in [0, 0.05) is 24.7 Å². The molecule has 0 saturated heterocycles. The van der Waals surface area contributed by atoms with Gasteiger partial charge in [-0.2, -0.15) is 0 Å². The maximum atomic E-state index is 10.5. The third kappa shape index (κ3) is 3.64. The molecule has 12 heavy (non-hydrogen) atoms. The van der Waals surface area contributed by atoms with Gasteiger partial charge in [0.1, 0.15) is 6.61 Å². The molecule has 0 aromatic carbocycles. The van der Waals surface area contributed by atoms with Gasteiger partial charge in [-0.25, -0.2) is 0 Å². The molecule has 0 bridgehead atoms. The molecule has 0 aromatic heterocycles. The predicted molar refractivity (Wildman–Crippen MR) is 42.6 cm³/mol. The van der Waals surface area contributed by atoms with Crippen molar-refractivity contribution in [3.63, 3.8) is 0 Å². The van der Waals surface area contributed by atoms with Crippen LogP contribution in [0.2, 0.25) is 0 Å². The molecule has 0 aliphatic rings. The van der Waals surface area contributed by atoms with Crippen LogP contribution in [0.3, 0.4) is 0 Å². The monoisotopic (exact) mass is 195 g/mol. The first-order valence-corrected chi connectivity index (χ1v) is 3.74. The molecule has 0 heterocycles. The highest BCUT2D eigenvalue weighted by Gasteiger charge is 2.33. The van der Waals surface area contributed by atoms with Crippen molar-refractivity contribution in [3.05, 3.63) is 10.1 Å². The van der Waals surface area contributed by atoms with Gasteiger partial charge >= 0.3 is 0 Å². The Bertz CT molecular complexity index is 192. The van der Waals surface area contributed by atoms with E-state index in [9.17, 15) is 14.9 Å². The zero-order valence-electron chi connectivity index (χ0n) is 6.62. The minimum absolute atomic E-state index is 0.0685. The molecule has 0 radical (unpaired) electrons. The summed E-state index contributed by atoms with van der Waals surface area (Å²) < 4.78 is 0. The number of hydrogen-bond acceptors (Lipinski definition) is 4. The lowest BCUT2D eigenvalue weighted by atomic mass is 10.1. The Morgan fingerprint density at radius 2 is 2.25 bits per heavy atom. The summed E-state index contributed by atoms with van der Waals surface area (Å²) in [4.78, 5) is 18.5. The fourth-order valence-electron chi connectivity index (χ4n) is 0.538. The number of carbonyl (C=O) groups is 1. The summed E-state index contributed by atoms with van der Waals surface area (Å²) in [5, 5.41) is 18.5. The molecular formula is C6H10ClNO4. The zero-order chi connectivity index (χ0) is 9.78. The molecule has 0 aliphatic heterocycles. The SMILES string of the molecule is CC(Cl)(CCC(=O)CO)[N+](=O)[O-]. The van der Waals surface area contributed by atoms with E-state index in [1.165, 1.54) is 6.92 Å². The molecule has 0 spiro atoms. The molecule has 1 unspecified atom stereocenters. The van der Waals surface area contributed by atoms with Crippen LogP contribution in [0.1, 0.15) is 19.8 Å². The summed E-state index contributed by atoms with van der Waals surface area (Å²) in [5.74, 6) is -0.441. The van der Waals surface area contributed by atoms with Crippen molar-refractivity contribution in [1.29, 1.82) is 0 Å². The van der Waals surface area contributed by atoms with Crippen LogP contribution >= 0.6 is 11.6 Å². The molecule has 0 fully saturated rings. The molecule has 0 amide bonds. The van der Waals surface area contributed by atoms with Crippen LogP contribution in [0.4, 0.5) is 0 Å². The third-order valence-electron chi connectivity index (χ3n) is 1.42. The molecule has 0 rings (SSSR count). The van der Waals surface area contributed by atoms with E-state index in [1.807, 2.05) is 0 Å². The van der Waals surface area contributed by atoms with Crippen LogP contribution in [-0.2, 0) is 4.79 Å². The molecule has 6 heteroatoms. The number of carbonyl (C=O) groups excluding carboxylic acids is 1. The van der Waals surface area contributed by atoms with E-state index in [0.29, 0.717) is 0 Å². The standard InChI is InChI=1S/C6H10ClNO4/c1-6(7,8(11)12)3-2-5(10)4-9/h9H,2-4H2,1H3. The summed E-state index contributed by atoms with van der Waals surface area (Å²) >= 11 is 5.44. The first-order chi connectivity index (χ1) is 5.40.